The summed E-state index contributed by atoms with van der Waals surface area (Å²) in [5.41, 5.74) is 0. The molecule has 1 aromatic rings. The number of carboxylic acids is 1. The van der Waals surface area contributed by atoms with E-state index >= 15 is 0 Å². The molecule has 0 aliphatic carbocycles. The predicted octanol–water partition coefficient (Wildman–Crippen LogP) is 0.0744. The van der Waals surface area contributed by atoms with Crippen LogP contribution in [-0.2, 0) is 14.8 Å². The van der Waals surface area contributed by atoms with Crippen LogP contribution in [-0.4, -0.2) is 31.4 Å². The fourth-order valence-electron chi connectivity index (χ4n) is 1.59. The Balaban J connectivity index is 3.02. The van der Waals surface area contributed by atoms with Crippen LogP contribution >= 0.6 is 0 Å². The molecule has 8 nitrogen and oxygen atoms in total. The number of rotatable bonds is 5. The van der Waals surface area contributed by atoms with E-state index < -0.39 is 27.9 Å². The Morgan fingerprint density at radius 2 is 1.95 bits per heavy atom. The number of carbonyl (C=O) groups is 2. The number of nitrogens with one attached hydrogen (secondary N) is 1. The molecule has 0 unspecified atom stereocenters. The molecule has 9 heteroatoms. The predicted molar refractivity (Wildman–Crippen MR) is 68.5 cm³/mol. The third-order valence-corrected chi connectivity index (χ3v) is 3.64. The van der Waals surface area contributed by atoms with Crippen molar-refractivity contribution in [1.29, 1.82) is 0 Å². The van der Waals surface area contributed by atoms with Crippen molar-refractivity contribution in [2.24, 2.45) is 11.1 Å². The maximum absolute atomic E-state index is 11.9. The van der Waals surface area contributed by atoms with Gasteiger partial charge >= 0.3 is 5.97 Å². The largest absolute Gasteiger partial charge is 0.480 e. The molecule has 0 saturated carbocycles. The molecule has 0 aromatic carbocycles. The second kappa shape index (κ2) is 5.63. The van der Waals surface area contributed by atoms with Crippen LogP contribution in [0.15, 0.2) is 15.4 Å². The zero-order chi connectivity index (χ0) is 15.7. The fraction of sp³-hybridized carbons (Fsp3) is 0.455. The lowest BCUT2D eigenvalue weighted by Crippen LogP contribution is -2.44. The Morgan fingerprint density at radius 1 is 1.40 bits per heavy atom. The minimum atomic E-state index is -4.00. The summed E-state index contributed by atoms with van der Waals surface area (Å²) in [5, 5.41) is 16.2. The van der Waals surface area contributed by atoms with Gasteiger partial charge in [-0.25, -0.2) is 18.4 Å². The van der Waals surface area contributed by atoms with Gasteiger partial charge in [-0.05, 0) is 12.8 Å². The van der Waals surface area contributed by atoms with Gasteiger partial charge < -0.3 is 14.8 Å². The molecule has 0 saturated heterocycles. The highest BCUT2D eigenvalue weighted by molar-refractivity contribution is 7.89. The van der Waals surface area contributed by atoms with Gasteiger partial charge in [0.2, 0.25) is 10.0 Å². The smallest absolute Gasteiger partial charge is 0.326 e. The van der Waals surface area contributed by atoms with Crippen LogP contribution in [0.1, 0.15) is 30.2 Å². The van der Waals surface area contributed by atoms with E-state index in [4.69, 9.17) is 14.7 Å². The molecule has 1 heterocycles. The van der Waals surface area contributed by atoms with Crippen molar-refractivity contribution in [3.8, 4) is 0 Å². The molecule has 0 radical (unpaired) electrons. The number of aliphatic carboxylic acids is 1. The molecule has 4 N–H and O–H groups in total. The van der Waals surface area contributed by atoms with E-state index in [1.54, 1.807) is 13.8 Å². The first-order valence-corrected chi connectivity index (χ1v) is 7.25. The Bertz CT molecular complexity index is 631. The number of primary sulfonamides is 1. The zero-order valence-corrected chi connectivity index (χ0v) is 12.0. The summed E-state index contributed by atoms with van der Waals surface area (Å²) in [6.07, 6.45) is 0. The van der Waals surface area contributed by atoms with Crippen LogP contribution in [0.5, 0.6) is 0 Å². The maximum atomic E-state index is 11.9. The maximum Gasteiger partial charge on any atom is 0.326 e. The summed E-state index contributed by atoms with van der Waals surface area (Å²) in [6, 6.07) is -0.134. The number of carboxylic acid groups (broad SMARTS) is 1. The first kappa shape index (κ1) is 16.2. The molecule has 0 spiro atoms. The van der Waals surface area contributed by atoms with Crippen molar-refractivity contribution < 1.29 is 27.5 Å². The van der Waals surface area contributed by atoms with E-state index in [1.165, 1.54) is 6.92 Å². The van der Waals surface area contributed by atoms with Gasteiger partial charge in [-0.2, -0.15) is 0 Å². The topological polar surface area (TPSA) is 140 Å². The third-order valence-electron chi connectivity index (χ3n) is 2.62. The first-order valence-electron chi connectivity index (χ1n) is 5.71. The molecule has 1 atom stereocenters. The van der Waals surface area contributed by atoms with Gasteiger partial charge in [-0.3, -0.25) is 4.79 Å². The number of amides is 1. The summed E-state index contributed by atoms with van der Waals surface area (Å²) < 4.78 is 27.4. The molecule has 0 aliphatic heterocycles. The second-order valence-electron chi connectivity index (χ2n) is 4.61. The highest BCUT2D eigenvalue weighted by Gasteiger charge is 2.27. The first-order chi connectivity index (χ1) is 9.04. The lowest BCUT2D eigenvalue weighted by Gasteiger charge is -2.16. The van der Waals surface area contributed by atoms with Gasteiger partial charge in [0.25, 0.3) is 5.91 Å². The van der Waals surface area contributed by atoms with Crippen LogP contribution in [0.2, 0.25) is 0 Å². The second-order valence-corrected chi connectivity index (χ2v) is 6.14. The average Bonchev–Trinajstić information content (AvgIpc) is 2.66. The monoisotopic (exact) mass is 304 g/mol. The quantitative estimate of drug-likeness (QED) is 0.703. The summed E-state index contributed by atoms with van der Waals surface area (Å²) >= 11 is 0. The minimum Gasteiger partial charge on any atom is -0.480 e. The van der Waals surface area contributed by atoms with Crippen molar-refractivity contribution in [1.82, 2.24) is 5.32 Å². The van der Waals surface area contributed by atoms with Gasteiger partial charge in [-0.15, -0.1) is 0 Å². The van der Waals surface area contributed by atoms with Crippen molar-refractivity contribution >= 4 is 21.9 Å². The summed E-state index contributed by atoms with van der Waals surface area (Å²) in [6.45, 7) is 4.60. The highest BCUT2D eigenvalue weighted by Crippen LogP contribution is 2.19. The fourth-order valence-corrected chi connectivity index (χ4v) is 2.30. The van der Waals surface area contributed by atoms with Crippen molar-refractivity contribution in [3.05, 3.63) is 17.6 Å². The number of sulfonamides is 1. The van der Waals surface area contributed by atoms with E-state index in [1.807, 2.05) is 0 Å². The molecule has 1 amide bonds. The Kier molecular flexibility index (Phi) is 4.56. The number of aryl methyl sites for hydroxylation is 1. The van der Waals surface area contributed by atoms with Crippen molar-refractivity contribution in [3.63, 3.8) is 0 Å². The summed E-state index contributed by atoms with van der Waals surface area (Å²) in [7, 11) is -4.00. The lowest BCUT2D eigenvalue weighted by molar-refractivity contribution is -0.140. The van der Waals surface area contributed by atoms with Gasteiger partial charge in [0, 0.05) is 6.07 Å². The van der Waals surface area contributed by atoms with E-state index in [9.17, 15) is 18.0 Å². The van der Waals surface area contributed by atoms with Crippen molar-refractivity contribution in [2.75, 3.05) is 0 Å². The molecular formula is C11H16N2O6S. The standard InChI is InChI=1S/C11H16N2O6S/c1-5(2)9(11(15)16)13-10(14)7-4-8(6(3)19-7)20(12,17)18/h4-5,9H,1-3H3,(H,13,14)(H,15,16)(H2,12,17,18)/t9-/m1/s1. The van der Waals surface area contributed by atoms with E-state index in [0.717, 1.165) is 6.07 Å². The third kappa shape index (κ3) is 3.58. The van der Waals surface area contributed by atoms with Crippen LogP contribution in [0.4, 0.5) is 0 Å². The van der Waals surface area contributed by atoms with Gasteiger partial charge in [0.15, 0.2) is 5.76 Å². The van der Waals surface area contributed by atoms with E-state index in [0.29, 0.717) is 0 Å². The number of carbonyl (C=O) groups excluding carboxylic acids is 1. The van der Waals surface area contributed by atoms with Gasteiger partial charge in [0.1, 0.15) is 16.7 Å². The van der Waals surface area contributed by atoms with E-state index in [-0.39, 0.29) is 22.3 Å². The Hall–Kier alpha value is -1.87. The molecule has 112 valence electrons. The van der Waals surface area contributed by atoms with Crippen LogP contribution in [0.25, 0.3) is 0 Å². The molecule has 20 heavy (non-hydrogen) atoms. The molecule has 1 aromatic heterocycles. The van der Waals surface area contributed by atoms with Gasteiger partial charge in [-0.1, -0.05) is 13.8 Å². The minimum absolute atomic E-state index is 0.0333. The number of hydrogen-bond donors (Lipinski definition) is 3. The average molecular weight is 304 g/mol. The molecule has 1 rings (SSSR count). The van der Waals surface area contributed by atoms with E-state index in [2.05, 4.69) is 5.32 Å². The van der Waals surface area contributed by atoms with Crippen LogP contribution in [0.3, 0.4) is 0 Å². The number of furan rings is 1. The Morgan fingerprint density at radius 3 is 2.30 bits per heavy atom. The van der Waals surface area contributed by atoms with Gasteiger partial charge in [0.05, 0.1) is 0 Å². The summed E-state index contributed by atoms with van der Waals surface area (Å²) in [4.78, 5) is 22.5. The van der Waals surface area contributed by atoms with Crippen molar-refractivity contribution in [2.45, 2.75) is 31.7 Å². The molecular weight excluding hydrogens is 288 g/mol. The van der Waals surface area contributed by atoms with Crippen LogP contribution < -0.4 is 10.5 Å². The summed E-state index contributed by atoms with van der Waals surface area (Å²) in [5.74, 6) is -2.69. The number of hydrogen-bond acceptors (Lipinski definition) is 5. The lowest BCUT2D eigenvalue weighted by atomic mass is 10.0. The number of nitrogens with two attached hydrogens (primary N) is 1. The molecule has 0 fully saturated rings. The highest BCUT2D eigenvalue weighted by atomic mass is 32.2. The normalized spacial score (nSPS) is 13.2. The SMILES string of the molecule is Cc1oc(C(=O)N[C@@H](C(=O)O)C(C)C)cc1S(N)(=O)=O. The zero-order valence-electron chi connectivity index (χ0n) is 11.2. The molecule has 0 aliphatic rings. The van der Waals surface area contributed by atoms with Crippen LogP contribution in [0, 0.1) is 12.8 Å². The Labute approximate surface area is 116 Å². The molecule has 0 bridgehead atoms.